The van der Waals surface area contributed by atoms with Gasteiger partial charge in [-0.25, -0.2) is 0 Å². The lowest BCUT2D eigenvalue weighted by molar-refractivity contribution is -0.129. The van der Waals surface area contributed by atoms with E-state index in [4.69, 9.17) is 0 Å². The average molecular weight is 262 g/mol. The van der Waals surface area contributed by atoms with Crippen LogP contribution in [0.2, 0.25) is 0 Å². The molecule has 1 unspecified atom stereocenters. The third kappa shape index (κ3) is 4.33. The van der Waals surface area contributed by atoms with Gasteiger partial charge in [0.05, 0.1) is 0 Å². The molecule has 1 aromatic carbocycles. The number of likely N-dealkylation sites (tertiary alicyclic amines) is 1. The molecule has 0 saturated carbocycles. The van der Waals surface area contributed by atoms with Crippen LogP contribution in [0.15, 0.2) is 30.3 Å². The molecule has 2 N–H and O–H groups in total. The zero-order chi connectivity index (χ0) is 13.7. The van der Waals surface area contributed by atoms with Gasteiger partial charge in [0.15, 0.2) is 0 Å². The van der Waals surface area contributed by atoms with Crippen molar-refractivity contribution in [3.63, 3.8) is 0 Å². The van der Waals surface area contributed by atoms with Crippen LogP contribution in [0.1, 0.15) is 25.3 Å². The number of aliphatic hydroxyl groups is 1. The first-order valence-corrected chi connectivity index (χ1v) is 6.90. The topological polar surface area (TPSA) is 52.6 Å². The number of carbonyl (C=O) groups excluding carboxylic acids is 1. The molecule has 19 heavy (non-hydrogen) atoms. The number of nitrogens with zero attached hydrogens (tertiary/aromatic N) is 1. The first-order valence-electron chi connectivity index (χ1n) is 6.90. The van der Waals surface area contributed by atoms with Gasteiger partial charge in [-0.05, 0) is 25.3 Å². The van der Waals surface area contributed by atoms with Gasteiger partial charge in [0.25, 0.3) is 0 Å². The highest BCUT2D eigenvalue weighted by Gasteiger charge is 2.21. The third-order valence-electron chi connectivity index (χ3n) is 3.56. The van der Waals surface area contributed by atoms with Gasteiger partial charge in [-0.2, -0.15) is 0 Å². The van der Waals surface area contributed by atoms with Gasteiger partial charge in [0.2, 0.25) is 5.91 Å². The second-order valence-corrected chi connectivity index (χ2v) is 5.22. The average Bonchev–Trinajstić information content (AvgIpc) is 2.42. The highest BCUT2D eigenvalue weighted by molar-refractivity contribution is 5.80. The highest BCUT2D eigenvalue weighted by atomic mass is 16.3. The van der Waals surface area contributed by atoms with E-state index < -0.39 is 6.10 Å². The van der Waals surface area contributed by atoms with Crippen molar-refractivity contribution in [2.45, 2.75) is 38.5 Å². The van der Waals surface area contributed by atoms with E-state index in [1.807, 2.05) is 6.07 Å². The van der Waals surface area contributed by atoms with Crippen LogP contribution in [0.5, 0.6) is 0 Å². The largest absolute Gasteiger partial charge is 0.384 e. The summed E-state index contributed by atoms with van der Waals surface area (Å²) in [6.07, 6.45) is 0.985. The fraction of sp³-hybridized carbons (Fsp3) is 0.533. The molecule has 0 radical (unpaired) electrons. The Kier molecular flexibility index (Phi) is 4.93. The second kappa shape index (κ2) is 6.68. The van der Waals surface area contributed by atoms with E-state index in [1.54, 1.807) is 0 Å². The summed E-state index contributed by atoms with van der Waals surface area (Å²) in [6, 6.07) is 10.6. The Morgan fingerprint density at radius 3 is 2.58 bits per heavy atom. The van der Waals surface area contributed by atoms with Gasteiger partial charge in [0.1, 0.15) is 6.10 Å². The maximum Gasteiger partial charge on any atom is 0.248 e. The van der Waals surface area contributed by atoms with E-state index in [9.17, 15) is 9.90 Å². The fourth-order valence-corrected chi connectivity index (χ4v) is 2.40. The maximum absolute atomic E-state index is 11.4. The van der Waals surface area contributed by atoms with Crippen molar-refractivity contribution in [1.82, 2.24) is 10.2 Å². The van der Waals surface area contributed by atoms with Crippen molar-refractivity contribution in [1.29, 1.82) is 0 Å². The molecule has 1 atom stereocenters. The summed E-state index contributed by atoms with van der Waals surface area (Å²) in [5.74, 6) is -0.262. The lowest BCUT2D eigenvalue weighted by Crippen LogP contribution is -2.46. The van der Waals surface area contributed by atoms with Crippen LogP contribution < -0.4 is 5.32 Å². The number of piperidine rings is 1. The van der Waals surface area contributed by atoms with E-state index in [-0.39, 0.29) is 11.9 Å². The van der Waals surface area contributed by atoms with Crippen LogP contribution in [0.4, 0.5) is 0 Å². The molecule has 1 heterocycles. The number of benzene rings is 1. The second-order valence-electron chi connectivity index (χ2n) is 5.22. The summed E-state index contributed by atoms with van der Waals surface area (Å²) in [7, 11) is 0. The molecule has 4 nitrogen and oxygen atoms in total. The van der Waals surface area contributed by atoms with Crippen LogP contribution in [0.3, 0.4) is 0 Å². The smallest absolute Gasteiger partial charge is 0.248 e. The quantitative estimate of drug-likeness (QED) is 0.856. The predicted molar refractivity (Wildman–Crippen MR) is 74.6 cm³/mol. The third-order valence-corrected chi connectivity index (χ3v) is 3.56. The Morgan fingerprint density at radius 2 is 2.00 bits per heavy atom. The van der Waals surface area contributed by atoms with E-state index in [0.29, 0.717) is 0 Å². The Bertz CT molecular complexity index is 398. The minimum atomic E-state index is -0.914. The van der Waals surface area contributed by atoms with Crippen molar-refractivity contribution < 1.29 is 9.90 Å². The predicted octanol–water partition coefficient (Wildman–Crippen LogP) is 1.15. The van der Waals surface area contributed by atoms with E-state index in [0.717, 1.165) is 32.5 Å². The lowest BCUT2D eigenvalue weighted by Gasteiger charge is -2.32. The Morgan fingerprint density at radius 1 is 1.37 bits per heavy atom. The minimum absolute atomic E-state index is 0.203. The molecular formula is C15H22N2O2. The molecule has 4 heteroatoms. The zero-order valence-corrected chi connectivity index (χ0v) is 11.4. The minimum Gasteiger partial charge on any atom is -0.384 e. The maximum atomic E-state index is 11.4. The molecule has 1 fully saturated rings. The number of rotatable bonds is 4. The van der Waals surface area contributed by atoms with Crippen LogP contribution in [0, 0.1) is 0 Å². The molecular weight excluding hydrogens is 240 g/mol. The number of hydrogen-bond donors (Lipinski definition) is 2. The van der Waals surface area contributed by atoms with Crippen molar-refractivity contribution in [3.8, 4) is 0 Å². The zero-order valence-electron chi connectivity index (χ0n) is 11.4. The van der Waals surface area contributed by atoms with Crippen LogP contribution in [0.25, 0.3) is 0 Å². The van der Waals surface area contributed by atoms with E-state index >= 15 is 0 Å². The van der Waals surface area contributed by atoms with Crippen LogP contribution in [-0.2, 0) is 11.3 Å². The van der Waals surface area contributed by atoms with Crippen molar-refractivity contribution >= 4 is 5.91 Å². The Labute approximate surface area is 114 Å². The number of carbonyl (C=O) groups is 1. The van der Waals surface area contributed by atoms with Crippen molar-refractivity contribution in [2.24, 2.45) is 0 Å². The van der Waals surface area contributed by atoms with Gasteiger partial charge in [-0.3, -0.25) is 9.69 Å². The van der Waals surface area contributed by atoms with Crippen LogP contribution >= 0.6 is 0 Å². The first-order chi connectivity index (χ1) is 9.15. The standard InChI is InChI=1S/C15H22N2O2/c1-12(18)15(19)16-14-7-9-17(10-8-14)11-13-5-3-2-4-6-13/h2-6,12,14,18H,7-11H2,1H3,(H,16,19). The van der Waals surface area contributed by atoms with E-state index in [2.05, 4.69) is 34.5 Å². The van der Waals surface area contributed by atoms with Gasteiger partial charge in [-0.15, -0.1) is 0 Å². The summed E-state index contributed by atoms with van der Waals surface area (Å²) in [6.45, 7) is 4.44. The fourth-order valence-electron chi connectivity index (χ4n) is 2.40. The number of hydrogen-bond acceptors (Lipinski definition) is 3. The first kappa shape index (κ1) is 14.0. The summed E-state index contributed by atoms with van der Waals surface area (Å²) in [5, 5.41) is 12.1. The van der Waals surface area contributed by atoms with Crippen LogP contribution in [-0.4, -0.2) is 41.1 Å². The number of aliphatic hydroxyl groups excluding tert-OH is 1. The Balaban J connectivity index is 1.75. The molecule has 1 amide bonds. The molecule has 104 valence electrons. The van der Waals surface area contributed by atoms with Gasteiger partial charge in [0, 0.05) is 25.7 Å². The van der Waals surface area contributed by atoms with Crippen molar-refractivity contribution in [2.75, 3.05) is 13.1 Å². The lowest BCUT2D eigenvalue weighted by atomic mass is 10.0. The molecule has 0 bridgehead atoms. The summed E-state index contributed by atoms with van der Waals surface area (Å²) in [5.41, 5.74) is 1.33. The number of nitrogens with one attached hydrogen (secondary N) is 1. The molecule has 1 aromatic rings. The molecule has 1 saturated heterocycles. The highest BCUT2D eigenvalue weighted by Crippen LogP contribution is 2.13. The molecule has 1 aliphatic rings. The molecule has 2 rings (SSSR count). The molecule has 0 aromatic heterocycles. The van der Waals surface area contributed by atoms with Gasteiger partial charge >= 0.3 is 0 Å². The molecule has 0 aliphatic carbocycles. The monoisotopic (exact) mass is 262 g/mol. The molecule has 1 aliphatic heterocycles. The summed E-state index contributed by atoms with van der Waals surface area (Å²) < 4.78 is 0. The molecule has 0 spiro atoms. The number of amides is 1. The van der Waals surface area contributed by atoms with E-state index in [1.165, 1.54) is 12.5 Å². The van der Waals surface area contributed by atoms with Gasteiger partial charge < -0.3 is 10.4 Å². The summed E-state index contributed by atoms with van der Waals surface area (Å²) in [4.78, 5) is 13.8. The van der Waals surface area contributed by atoms with Gasteiger partial charge in [-0.1, -0.05) is 30.3 Å². The van der Waals surface area contributed by atoms with Crippen molar-refractivity contribution in [3.05, 3.63) is 35.9 Å². The normalized spacial score (nSPS) is 19.1. The SMILES string of the molecule is CC(O)C(=O)NC1CCN(Cc2ccccc2)CC1. The Hall–Kier alpha value is -1.39. The summed E-state index contributed by atoms with van der Waals surface area (Å²) >= 11 is 0.